The number of fused-ring (bicyclic) bond motifs is 2. The van der Waals surface area contributed by atoms with Gasteiger partial charge in [-0.3, -0.25) is 9.59 Å². The SMILES string of the molecule is COC(=O)N[C@H](C(=O)N1CCCC1c1nc2ccc(-c3ccc(-c4ccc5nc([C@@H]6CCCN6C(=O)[C@@H](NC(=O)OC)[C@@H](C)OC)[nH]c5c4)cc3)cc2[nH]1)[C@@H](C)OC. The van der Waals surface area contributed by atoms with Crippen LogP contribution in [0.3, 0.4) is 0 Å². The van der Waals surface area contributed by atoms with Crippen molar-refractivity contribution < 1.29 is 38.1 Å². The highest BCUT2D eigenvalue weighted by atomic mass is 16.5. The Morgan fingerprint density at radius 2 is 1.00 bits per heavy atom. The minimum Gasteiger partial charge on any atom is -0.453 e. The number of hydrogen-bond acceptors (Lipinski definition) is 10. The molecule has 2 aromatic heterocycles. The van der Waals surface area contributed by atoms with Crippen LogP contribution < -0.4 is 10.6 Å². The van der Waals surface area contributed by atoms with E-state index < -0.39 is 36.5 Å². The van der Waals surface area contributed by atoms with Gasteiger partial charge in [-0.15, -0.1) is 0 Å². The Balaban J connectivity index is 1.06. The predicted molar refractivity (Wildman–Crippen MR) is 216 cm³/mol. The first-order valence-electron chi connectivity index (χ1n) is 19.5. The Bertz CT molecular complexity index is 2130. The lowest BCUT2D eigenvalue weighted by Crippen LogP contribution is -2.54. The highest BCUT2D eigenvalue weighted by Gasteiger charge is 2.40. The summed E-state index contributed by atoms with van der Waals surface area (Å²) in [5.74, 6) is 0.890. The van der Waals surface area contributed by atoms with E-state index in [9.17, 15) is 19.2 Å². The van der Waals surface area contributed by atoms with Crippen molar-refractivity contribution >= 4 is 46.1 Å². The van der Waals surface area contributed by atoms with Gasteiger partial charge in [0.05, 0.1) is 60.6 Å². The Kier molecular flexibility index (Phi) is 12.0. The Hall–Kier alpha value is -6.00. The summed E-state index contributed by atoms with van der Waals surface area (Å²) >= 11 is 0. The number of H-pyrrole nitrogens is 2. The number of benzene rings is 3. The van der Waals surface area contributed by atoms with E-state index in [1.165, 1.54) is 28.4 Å². The number of imidazole rings is 2. The lowest BCUT2D eigenvalue weighted by Gasteiger charge is -2.30. The molecule has 2 aliphatic rings. The van der Waals surface area contributed by atoms with Gasteiger partial charge in [0.1, 0.15) is 23.7 Å². The number of amides is 4. The molecule has 4 N–H and O–H groups in total. The summed E-state index contributed by atoms with van der Waals surface area (Å²) < 4.78 is 20.3. The minimum atomic E-state index is -0.904. The number of rotatable bonds is 12. The topological polar surface area (TPSA) is 193 Å². The van der Waals surface area contributed by atoms with Gasteiger partial charge < -0.3 is 49.3 Å². The summed E-state index contributed by atoms with van der Waals surface area (Å²) in [6, 6.07) is 18.1. The third-order valence-corrected chi connectivity index (χ3v) is 11.4. The fourth-order valence-electron chi connectivity index (χ4n) is 7.98. The fraction of sp³-hybridized carbons (Fsp3) is 0.429. The second kappa shape index (κ2) is 17.2. The van der Waals surface area contributed by atoms with Gasteiger partial charge >= 0.3 is 12.2 Å². The van der Waals surface area contributed by atoms with Crippen molar-refractivity contribution in [2.75, 3.05) is 41.5 Å². The molecule has 0 aliphatic carbocycles. The van der Waals surface area contributed by atoms with Crippen molar-refractivity contribution in [1.82, 2.24) is 40.4 Å². The molecule has 16 heteroatoms. The van der Waals surface area contributed by atoms with E-state index in [-0.39, 0.29) is 23.9 Å². The van der Waals surface area contributed by atoms with Gasteiger partial charge in [-0.25, -0.2) is 19.6 Å². The summed E-state index contributed by atoms with van der Waals surface area (Å²) in [6.07, 6.45) is 0.570. The van der Waals surface area contributed by atoms with Crippen LogP contribution in [0.15, 0.2) is 60.7 Å². The molecule has 2 saturated heterocycles. The molecule has 3 aromatic carbocycles. The van der Waals surface area contributed by atoms with Gasteiger partial charge in [-0.05, 0) is 86.1 Å². The predicted octanol–water partition coefficient (Wildman–Crippen LogP) is 5.62. The summed E-state index contributed by atoms with van der Waals surface area (Å²) in [5, 5.41) is 5.26. The third-order valence-electron chi connectivity index (χ3n) is 11.4. The van der Waals surface area contributed by atoms with Crippen LogP contribution in [0.25, 0.3) is 44.3 Å². The monoisotopic (exact) mass is 794 g/mol. The highest BCUT2D eigenvalue weighted by Crippen LogP contribution is 2.36. The van der Waals surface area contributed by atoms with Gasteiger partial charge in [0.15, 0.2) is 0 Å². The molecule has 7 rings (SSSR count). The summed E-state index contributed by atoms with van der Waals surface area (Å²) in [6.45, 7) is 4.54. The van der Waals surface area contributed by atoms with Crippen LogP contribution in [0.1, 0.15) is 63.3 Å². The summed E-state index contributed by atoms with van der Waals surface area (Å²) in [7, 11) is 5.51. The number of carbonyl (C=O) groups is 4. The highest BCUT2D eigenvalue weighted by molar-refractivity contribution is 5.89. The van der Waals surface area contributed by atoms with Crippen molar-refractivity contribution in [3.05, 3.63) is 72.3 Å². The second-order valence-corrected chi connectivity index (χ2v) is 14.8. The number of carbonyl (C=O) groups excluding carboxylic acids is 4. The number of nitrogens with zero attached hydrogens (tertiary/aromatic N) is 4. The molecule has 0 radical (unpaired) electrons. The number of methoxy groups -OCH3 is 4. The van der Waals surface area contributed by atoms with E-state index >= 15 is 0 Å². The van der Waals surface area contributed by atoms with Gasteiger partial charge in [0.2, 0.25) is 11.8 Å². The number of alkyl carbamates (subject to hydrolysis) is 2. The van der Waals surface area contributed by atoms with Crippen molar-refractivity contribution in [2.45, 2.75) is 75.9 Å². The van der Waals surface area contributed by atoms with E-state index in [1.807, 2.05) is 24.3 Å². The van der Waals surface area contributed by atoms with Crippen molar-refractivity contribution in [2.24, 2.45) is 0 Å². The average molecular weight is 795 g/mol. The van der Waals surface area contributed by atoms with E-state index in [1.54, 1.807) is 23.6 Å². The molecule has 4 heterocycles. The molecule has 6 atom stereocenters. The van der Waals surface area contributed by atoms with E-state index in [0.29, 0.717) is 24.7 Å². The lowest BCUT2D eigenvalue weighted by molar-refractivity contribution is -0.138. The molecule has 2 aliphatic heterocycles. The minimum absolute atomic E-state index is 0.250. The normalized spacial score (nSPS) is 18.9. The lowest BCUT2D eigenvalue weighted by atomic mass is 10.00. The Labute approximate surface area is 336 Å². The van der Waals surface area contributed by atoms with Crippen LogP contribution in [-0.4, -0.2) is 120 Å². The number of hydrogen-bond donors (Lipinski definition) is 4. The van der Waals surface area contributed by atoms with Crippen LogP contribution in [0.2, 0.25) is 0 Å². The fourth-order valence-corrected chi connectivity index (χ4v) is 7.98. The molecule has 16 nitrogen and oxygen atoms in total. The van der Waals surface area contributed by atoms with Crippen molar-refractivity contribution in [3.63, 3.8) is 0 Å². The maximum Gasteiger partial charge on any atom is 0.407 e. The standard InChI is InChI=1S/C42H50N8O8/c1-23(55-3)35(47-41(53)57-5)39(51)49-19-7-9-33(49)37-43-29-17-15-27(21-31(29)45-37)25-11-13-26(14-12-25)28-16-18-30-32(22-28)46-38(44-30)34-10-8-20-50(34)40(52)36(24(2)56-4)48-42(54)58-6/h11-18,21-24,33-36H,7-10,19-20H2,1-6H3,(H,43,45)(H,44,46)(H,47,53)(H,48,54)/t23-,24-,33+,34?,35+,36+/m1/s1. The van der Waals surface area contributed by atoms with Gasteiger partial charge in [-0.2, -0.15) is 0 Å². The maximum atomic E-state index is 13.7. The average Bonchev–Trinajstić information content (AvgIpc) is 4.08. The van der Waals surface area contributed by atoms with Crippen LogP contribution in [0.5, 0.6) is 0 Å². The number of aromatic amines is 2. The van der Waals surface area contributed by atoms with Crippen LogP contribution in [0.4, 0.5) is 9.59 Å². The zero-order chi connectivity index (χ0) is 41.1. The Morgan fingerprint density at radius 1 is 0.621 bits per heavy atom. The maximum absolute atomic E-state index is 13.7. The second-order valence-electron chi connectivity index (χ2n) is 14.8. The molecule has 306 valence electrons. The van der Waals surface area contributed by atoms with Gasteiger partial charge in [0.25, 0.3) is 0 Å². The first-order valence-corrected chi connectivity index (χ1v) is 19.5. The summed E-state index contributed by atoms with van der Waals surface area (Å²) in [5.41, 5.74) is 7.39. The molecular formula is C42H50N8O8. The third kappa shape index (κ3) is 8.07. The molecule has 0 saturated carbocycles. The largest absolute Gasteiger partial charge is 0.453 e. The molecule has 2 fully saturated rings. The molecule has 0 bridgehead atoms. The molecular weight excluding hydrogens is 745 g/mol. The quantitative estimate of drug-likeness (QED) is 0.123. The number of likely N-dealkylation sites (tertiary alicyclic amines) is 2. The van der Waals surface area contributed by atoms with Gasteiger partial charge in [-0.1, -0.05) is 36.4 Å². The molecule has 5 aromatic rings. The number of ether oxygens (including phenoxy) is 4. The molecule has 4 amide bonds. The first kappa shape index (κ1) is 40.2. The van der Waals surface area contributed by atoms with Gasteiger partial charge in [0, 0.05) is 27.3 Å². The van der Waals surface area contributed by atoms with Crippen LogP contribution in [-0.2, 0) is 28.5 Å². The number of nitrogens with one attached hydrogen (secondary N) is 4. The van der Waals surface area contributed by atoms with Crippen LogP contribution >= 0.6 is 0 Å². The van der Waals surface area contributed by atoms with E-state index in [2.05, 4.69) is 57.0 Å². The molecule has 58 heavy (non-hydrogen) atoms. The van der Waals surface area contributed by atoms with E-state index in [4.69, 9.17) is 28.9 Å². The molecule has 0 spiro atoms. The summed E-state index contributed by atoms with van der Waals surface area (Å²) in [4.78, 5) is 71.7. The zero-order valence-corrected chi connectivity index (χ0v) is 33.5. The van der Waals surface area contributed by atoms with Crippen molar-refractivity contribution in [1.29, 1.82) is 0 Å². The zero-order valence-electron chi connectivity index (χ0n) is 33.5. The number of aromatic nitrogens is 4. The van der Waals surface area contributed by atoms with Crippen molar-refractivity contribution in [3.8, 4) is 22.3 Å². The smallest absolute Gasteiger partial charge is 0.407 e. The Morgan fingerprint density at radius 3 is 1.36 bits per heavy atom. The van der Waals surface area contributed by atoms with E-state index in [0.717, 1.165) is 70.0 Å². The van der Waals surface area contributed by atoms with Crippen LogP contribution in [0, 0.1) is 0 Å². The first-order chi connectivity index (χ1) is 28.0. The molecule has 1 unspecified atom stereocenters.